The minimum Gasteiger partial charge on any atom is -0.462 e. The van der Waals surface area contributed by atoms with Gasteiger partial charge in [-0.25, -0.2) is 9.13 Å². The summed E-state index contributed by atoms with van der Waals surface area (Å²) < 4.78 is 47.5. The molecule has 0 aromatic heterocycles. The molecule has 0 radical (unpaired) electrons. The van der Waals surface area contributed by atoms with Crippen molar-refractivity contribution >= 4 is 27.6 Å². The average molecular weight is 905 g/mol. The van der Waals surface area contributed by atoms with Crippen LogP contribution in [0.4, 0.5) is 0 Å². The lowest BCUT2D eigenvalue weighted by Gasteiger charge is -2.20. The summed E-state index contributed by atoms with van der Waals surface area (Å²) in [5.74, 6) is -1.29. The standard InChI is InChI=1S/C44H74O15P2/c1-3-5-7-8-9-10-11-12-13-14-15-16-20-23-27-33-43(48)55-37-42(38-58-61(53,54)57-36-41(47)35-56-60(50,51)52)59-44(49)34-28-32-40(46)31-26-22-19-17-18-21-25-30-39(45)29-24-6-4-2/h5,7,9-10,12-13,18-19,21-22,25-26,30-31,39-42,45-47H,3-4,6,8,11,14-17,20,23-24,27-29,32-38H2,1-2H3,(H,53,54)(H2,50,51,52)/b7-5-,10-9-,13-12-,21-18-,22-19-,30-25+,31-26+/t39-,40-,41+,42-/m1/s1. The molecule has 6 N–H and O–H groups in total. The smallest absolute Gasteiger partial charge is 0.462 e. The third-order valence-corrected chi connectivity index (χ3v) is 9.90. The molecule has 5 atom stereocenters. The van der Waals surface area contributed by atoms with Crippen LogP contribution in [0, 0.1) is 0 Å². The lowest BCUT2D eigenvalue weighted by Crippen LogP contribution is -2.30. The van der Waals surface area contributed by atoms with Gasteiger partial charge in [-0.2, -0.15) is 0 Å². The number of unbranched alkanes of at least 4 members (excludes halogenated alkanes) is 7. The van der Waals surface area contributed by atoms with Crippen LogP contribution in [-0.4, -0.2) is 92.8 Å². The van der Waals surface area contributed by atoms with Crippen LogP contribution in [0.2, 0.25) is 0 Å². The van der Waals surface area contributed by atoms with E-state index in [1.165, 1.54) is 0 Å². The van der Waals surface area contributed by atoms with Gasteiger partial charge in [0.05, 0.1) is 32.0 Å². The van der Waals surface area contributed by atoms with E-state index in [9.17, 15) is 38.9 Å². The van der Waals surface area contributed by atoms with Crippen LogP contribution in [0.3, 0.4) is 0 Å². The zero-order chi connectivity index (χ0) is 45.5. The number of allylic oxidation sites excluding steroid dienone is 12. The Morgan fingerprint density at radius 1 is 0.557 bits per heavy atom. The fourth-order valence-corrected chi connectivity index (χ4v) is 6.32. The summed E-state index contributed by atoms with van der Waals surface area (Å²) in [5, 5.41) is 29.9. The predicted octanol–water partition coefficient (Wildman–Crippen LogP) is 8.72. The van der Waals surface area contributed by atoms with Crippen LogP contribution in [0.15, 0.2) is 85.1 Å². The van der Waals surface area contributed by atoms with E-state index in [4.69, 9.17) is 23.8 Å². The fourth-order valence-electron chi connectivity index (χ4n) is 5.16. The van der Waals surface area contributed by atoms with Crippen molar-refractivity contribution in [1.29, 1.82) is 0 Å². The van der Waals surface area contributed by atoms with Gasteiger partial charge in [0.25, 0.3) is 0 Å². The maximum Gasteiger partial charge on any atom is 0.472 e. The van der Waals surface area contributed by atoms with Crippen LogP contribution in [0.25, 0.3) is 0 Å². The summed E-state index contributed by atoms with van der Waals surface area (Å²) in [7, 11) is -9.78. The van der Waals surface area contributed by atoms with E-state index in [-0.39, 0.29) is 25.7 Å². The molecule has 61 heavy (non-hydrogen) atoms. The van der Waals surface area contributed by atoms with Gasteiger partial charge in [-0.15, -0.1) is 0 Å². The molecule has 0 saturated carbocycles. The summed E-state index contributed by atoms with van der Waals surface area (Å²) in [6.45, 7) is 1.24. The summed E-state index contributed by atoms with van der Waals surface area (Å²) >= 11 is 0. The molecule has 0 bridgehead atoms. The van der Waals surface area contributed by atoms with Gasteiger partial charge >= 0.3 is 27.6 Å². The van der Waals surface area contributed by atoms with Crippen molar-refractivity contribution < 1.29 is 71.8 Å². The molecule has 17 heteroatoms. The fraction of sp³-hybridized carbons (Fsp3) is 0.636. The van der Waals surface area contributed by atoms with Crippen LogP contribution in [0.1, 0.15) is 129 Å². The van der Waals surface area contributed by atoms with Gasteiger partial charge in [0.1, 0.15) is 12.7 Å². The Balaban J connectivity index is 4.81. The molecule has 0 aliphatic heterocycles. The van der Waals surface area contributed by atoms with E-state index in [1.54, 1.807) is 24.3 Å². The Kier molecular flexibility index (Phi) is 37.1. The first-order chi connectivity index (χ1) is 29.2. The third-order valence-electron chi connectivity index (χ3n) is 8.47. The maximum absolute atomic E-state index is 12.7. The molecule has 0 aliphatic carbocycles. The van der Waals surface area contributed by atoms with Gasteiger partial charge in [0.15, 0.2) is 6.10 Å². The highest BCUT2D eigenvalue weighted by Crippen LogP contribution is 2.43. The van der Waals surface area contributed by atoms with Gasteiger partial charge in [-0.1, -0.05) is 137 Å². The topological polar surface area (TPSA) is 236 Å². The molecular weight excluding hydrogens is 830 g/mol. The maximum atomic E-state index is 12.7. The molecule has 0 saturated heterocycles. The van der Waals surface area contributed by atoms with E-state index < -0.39 is 78.4 Å². The Labute approximate surface area is 363 Å². The van der Waals surface area contributed by atoms with Crippen molar-refractivity contribution in [2.75, 3.05) is 26.4 Å². The van der Waals surface area contributed by atoms with Gasteiger partial charge in [-0.05, 0) is 64.2 Å². The van der Waals surface area contributed by atoms with Gasteiger partial charge in [-0.3, -0.25) is 23.2 Å². The monoisotopic (exact) mass is 904 g/mol. The molecule has 0 spiro atoms. The normalized spacial score (nSPS) is 15.9. The zero-order valence-corrected chi connectivity index (χ0v) is 38.0. The molecule has 0 rings (SSSR count). The molecule has 0 aromatic carbocycles. The molecular formula is C44H74O15P2. The predicted molar refractivity (Wildman–Crippen MR) is 237 cm³/mol. The summed E-state index contributed by atoms with van der Waals surface area (Å²) in [6, 6.07) is 0. The lowest BCUT2D eigenvalue weighted by atomic mass is 10.1. The number of hydrogen-bond donors (Lipinski definition) is 6. The van der Waals surface area contributed by atoms with E-state index in [1.807, 2.05) is 24.3 Å². The second kappa shape index (κ2) is 38.9. The van der Waals surface area contributed by atoms with Crippen molar-refractivity contribution in [2.45, 2.75) is 154 Å². The number of ether oxygens (including phenoxy) is 2. The Morgan fingerprint density at radius 2 is 1.10 bits per heavy atom. The molecule has 0 heterocycles. The van der Waals surface area contributed by atoms with E-state index in [0.717, 1.165) is 77.0 Å². The Hall–Kier alpha value is -2.78. The van der Waals surface area contributed by atoms with Crippen molar-refractivity contribution in [1.82, 2.24) is 0 Å². The van der Waals surface area contributed by atoms with E-state index in [2.05, 4.69) is 59.4 Å². The highest BCUT2D eigenvalue weighted by Gasteiger charge is 2.28. The van der Waals surface area contributed by atoms with Crippen LogP contribution in [-0.2, 0) is 41.8 Å². The molecule has 350 valence electrons. The van der Waals surface area contributed by atoms with Crippen LogP contribution < -0.4 is 0 Å². The van der Waals surface area contributed by atoms with E-state index >= 15 is 0 Å². The minimum atomic E-state index is -4.90. The van der Waals surface area contributed by atoms with Crippen molar-refractivity contribution in [3.05, 3.63) is 85.1 Å². The molecule has 0 amide bonds. The molecule has 0 aromatic rings. The summed E-state index contributed by atoms with van der Waals surface area (Å²) in [4.78, 5) is 52.7. The summed E-state index contributed by atoms with van der Waals surface area (Å²) in [5.41, 5.74) is 0. The van der Waals surface area contributed by atoms with Crippen molar-refractivity contribution in [2.24, 2.45) is 0 Å². The average Bonchev–Trinajstić information content (AvgIpc) is 3.21. The van der Waals surface area contributed by atoms with Crippen molar-refractivity contribution in [3.8, 4) is 0 Å². The van der Waals surface area contributed by atoms with Gasteiger partial charge in [0, 0.05) is 12.8 Å². The minimum absolute atomic E-state index is 0.121. The zero-order valence-electron chi connectivity index (χ0n) is 36.2. The number of phosphoric ester groups is 2. The van der Waals surface area contributed by atoms with Crippen LogP contribution in [0.5, 0.6) is 0 Å². The lowest BCUT2D eigenvalue weighted by molar-refractivity contribution is -0.161. The van der Waals surface area contributed by atoms with Gasteiger partial charge < -0.3 is 39.5 Å². The van der Waals surface area contributed by atoms with Crippen LogP contribution >= 0.6 is 15.6 Å². The molecule has 1 unspecified atom stereocenters. The number of carbonyl (C=O) groups is 2. The van der Waals surface area contributed by atoms with Gasteiger partial charge in [0.2, 0.25) is 0 Å². The highest BCUT2D eigenvalue weighted by molar-refractivity contribution is 7.47. The SMILES string of the molecule is CC/C=C\C/C=C\C/C=C\CCCCCCCC(=O)OC[C@H](COP(=O)(O)OC[C@@H](O)COP(=O)(O)O)OC(=O)CCC[C@H](O)/C=C/C=C\C/C=C\C=C\[C@H](O)CCCCC. The number of carbonyl (C=O) groups excluding carboxylic acids is 2. The molecule has 0 fully saturated rings. The quantitative estimate of drug-likeness (QED) is 0.0111. The number of phosphoric acid groups is 2. The second-order valence-electron chi connectivity index (χ2n) is 14.3. The number of hydrogen-bond acceptors (Lipinski definition) is 12. The molecule has 15 nitrogen and oxygen atoms in total. The third kappa shape index (κ3) is 42.3. The van der Waals surface area contributed by atoms with E-state index in [0.29, 0.717) is 12.8 Å². The molecule has 0 aliphatic rings. The highest BCUT2D eigenvalue weighted by atomic mass is 31.2. The number of aliphatic hydroxyl groups is 3. The summed E-state index contributed by atoms with van der Waals surface area (Å²) in [6.07, 6.45) is 36.5. The van der Waals surface area contributed by atoms with Crippen molar-refractivity contribution in [3.63, 3.8) is 0 Å². The second-order valence-corrected chi connectivity index (χ2v) is 17.0. The number of esters is 2. The first-order valence-corrected chi connectivity index (χ1v) is 24.5. The largest absolute Gasteiger partial charge is 0.472 e. The Morgan fingerprint density at radius 3 is 1.74 bits per heavy atom. The first kappa shape index (κ1) is 58.2. The Bertz CT molecular complexity index is 1430. The first-order valence-electron chi connectivity index (χ1n) is 21.5. The number of aliphatic hydroxyl groups excluding tert-OH is 3. The number of rotatable bonds is 39.